The number of rotatable bonds is 18. The fourth-order valence-electron chi connectivity index (χ4n) is 3.66. The summed E-state index contributed by atoms with van der Waals surface area (Å²) in [5.74, 6) is -0.0568. The molecule has 26 heavy (non-hydrogen) atoms. The van der Waals surface area contributed by atoms with Crippen molar-refractivity contribution in [2.24, 2.45) is 0 Å². The third-order valence-electron chi connectivity index (χ3n) is 5.02. The zero-order valence-electron chi connectivity index (χ0n) is 18.2. The molecule has 0 aliphatic carbocycles. The number of aliphatic hydroxyl groups excluding tert-OH is 1. The summed E-state index contributed by atoms with van der Waals surface area (Å²) in [7, 11) is 3.83. The van der Waals surface area contributed by atoms with E-state index in [4.69, 9.17) is 0 Å². The van der Waals surface area contributed by atoms with Crippen molar-refractivity contribution < 1.29 is 14.5 Å². The number of carbonyl (C=O) groups is 1. The summed E-state index contributed by atoms with van der Waals surface area (Å²) >= 11 is 0. The fourth-order valence-corrected chi connectivity index (χ4v) is 3.66. The summed E-state index contributed by atoms with van der Waals surface area (Å²) < 4.78 is 0.342. The Morgan fingerprint density at radius 2 is 1.19 bits per heavy atom. The monoisotopic (exact) mass is 371 g/mol. The summed E-state index contributed by atoms with van der Waals surface area (Å²) in [5, 5.41) is 10.1. The Balaban J connectivity index is 3.34. The van der Waals surface area contributed by atoms with Crippen LogP contribution in [-0.2, 0) is 4.79 Å². The highest BCUT2D eigenvalue weighted by atomic mass is 16.3. The van der Waals surface area contributed by atoms with Gasteiger partial charge in [-0.3, -0.25) is 4.79 Å². The predicted octanol–water partition coefficient (Wildman–Crippen LogP) is 5.35. The van der Waals surface area contributed by atoms with Crippen LogP contribution in [0.1, 0.15) is 110 Å². The highest BCUT2D eigenvalue weighted by Gasteiger charge is 2.21. The van der Waals surface area contributed by atoms with Crippen molar-refractivity contribution in [1.82, 2.24) is 5.43 Å². The molecule has 1 atom stereocenters. The lowest BCUT2D eigenvalue weighted by Gasteiger charge is -2.30. The van der Waals surface area contributed by atoms with Gasteiger partial charge in [-0.15, -0.1) is 0 Å². The Labute approximate surface area is 163 Å². The van der Waals surface area contributed by atoms with Gasteiger partial charge >= 0.3 is 0 Å². The first kappa shape index (κ1) is 25.4. The Morgan fingerprint density at radius 1 is 0.808 bits per heavy atom. The van der Waals surface area contributed by atoms with Crippen LogP contribution in [-0.4, -0.2) is 42.3 Å². The summed E-state index contributed by atoms with van der Waals surface area (Å²) in [6.45, 7) is 4.36. The number of unbranched alkanes of at least 4 members (excludes halogenated alkanes) is 13. The summed E-state index contributed by atoms with van der Waals surface area (Å²) in [6, 6.07) is 0. The van der Waals surface area contributed by atoms with Crippen molar-refractivity contribution in [2.45, 2.75) is 116 Å². The first-order valence-electron chi connectivity index (χ1n) is 11.2. The average Bonchev–Trinajstić information content (AvgIpc) is 2.53. The van der Waals surface area contributed by atoms with Crippen LogP contribution < -0.4 is 5.43 Å². The normalized spacial score (nSPS) is 13.0. The van der Waals surface area contributed by atoms with E-state index >= 15 is 0 Å². The number of nitrogens with one attached hydrogen (secondary N) is 1. The first-order valence-corrected chi connectivity index (χ1v) is 11.2. The Morgan fingerprint density at radius 3 is 1.58 bits per heavy atom. The molecule has 0 radical (unpaired) electrons. The largest absolute Gasteiger partial charge is 0.387 e. The predicted molar refractivity (Wildman–Crippen MR) is 112 cm³/mol. The maximum atomic E-state index is 11.1. The molecular formula is C22H47N2O2+. The van der Waals surface area contributed by atoms with Gasteiger partial charge in [-0.25, -0.2) is 10.0 Å². The van der Waals surface area contributed by atoms with Crippen LogP contribution in [0.15, 0.2) is 0 Å². The van der Waals surface area contributed by atoms with E-state index in [9.17, 15) is 9.90 Å². The minimum absolute atomic E-state index is 0.0568. The number of aliphatic hydroxyl groups is 1. The lowest BCUT2D eigenvalue weighted by molar-refractivity contribution is -0.927. The van der Waals surface area contributed by atoms with E-state index in [1.165, 1.54) is 90.4 Å². The molecule has 0 heterocycles. The van der Waals surface area contributed by atoms with Gasteiger partial charge < -0.3 is 5.11 Å². The molecule has 156 valence electrons. The second kappa shape index (κ2) is 16.6. The molecule has 1 amide bonds. The van der Waals surface area contributed by atoms with Gasteiger partial charge in [0.2, 0.25) is 0 Å². The van der Waals surface area contributed by atoms with Crippen LogP contribution in [0, 0.1) is 0 Å². The molecule has 0 fully saturated rings. The number of likely N-dealkylation sites (N-methyl/N-ethyl adjacent to an activating group) is 1. The molecule has 0 aromatic rings. The number of quaternary nitrogens is 1. The van der Waals surface area contributed by atoms with Crippen molar-refractivity contribution in [3.8, 4) is 0 Å². The van der Waals surface area contributed by atoms with E-state index in [0.717, 1.165) is 12.8 Å². The molecule has 0 aromatic carbocycles. The zero-order chi connectivity index (χ0) is 19.7. The highest BCUT2D eigenvalue weighted by Crippen LogP contribution is 2.14. The van der Waals surface area contributed by atoms with Crippen LogP contribution in [0.3, 0.4) is 0 Å². The maximum absolute atomic E-state index is 11.1. The average molecular weight is 372 g/mol. The quantitative estimate of drug-likeness (QED) is 0.194. The van der Waals surface area contributed by atoms with E-state index < -0.39 is 0 Å². The van der Waals surface area contributed by atoms with Gasteiger partial charge in [-0.05, 0) is 6.42 Å². The number of hydrogen-bond donors (Lipinski definition) is 2. The maximum Gasteiger partial charge on any atom is 0.261 e. The Bertz CT molecular complexity index is 332. The van der Waals surface area contributed by atoms with Crippen LogP contribution in [0.25, 0.3) is 0 Å². The molecular weight excluding hydrogens is 324 g/mol. The van der Waals surface area contributed by atoms with E-state index in [0.29, 0.717) is 11.1 Å². The van der Waals surface area contributed by atoms with Crippen molar-refractivity contribution in [3.63, 3.8) is 0 Å². The topological polar surface area (TPSA) is 49.3 Å². The minimum atomic E-state index is -0.339. The summed E-state index contributed by atoms with van der Waals surface area (Å²) in [6.07, 6.45) is 19.4. The van der Waals surface area contributed by atoms with Crippen molar-refractivity contribution in [3.05, 3.63) is 0 Å². The Hall–Kier alpha value is -0.610. The number of carbonyl (C=O) groups excluding carboxylic acids is 1. The van der Waals surface area contributed by atoms with Gasteiger partial charge in [0, 0.05) is 6.92 Å². The molecule has 0 aliphatic rings. The number of hydrogen-bond acceptors (Lipinski definition) is 2. The smallest absolute Gasteiger partial charge is 0.261 e. The van der Waals surface area contributed by atoms with Crippen molar-refractivity contribution in [1.29, 1.82) is 0 Å². The number of amides is 1. The minimum Gasteiger partial charge on any atom is -0.387 e. The second-order valence-corrected chi connectivity index (χ2v) is 8.57. The van der Waals surface area contributed by atoms with Gasteiger partial charge in [0.1, 0.15) is 12.6 Å². The molecule has 0 aromatic heterocycles. The SMILES string of the molecule is CCCCCCCCCCCCCCCCC(O)C[N+](C)(C)NC(C)=O. The fraction of sp³-hybridized carbons (Fsp3) is 0.955. The molecule has 0 spiro atoms. The third kappa shape index (κ3) is 18.2. The second-order valence-electron chi connectivity index (χ2n) is 8.57. The molecule has 4 heteroatoms. The van der Waals surface area contributed by atoms with Crippen LogP contribution >= 0.6 is 0 Å². The molecule has 0 aliphatic heterocycles. The van der Waals surface area contributed by atoms with Crippen LogP contribution in [0.5, 0.6) is 0 Å². The summed E-state index contributed by atoms with van der Waals surface area (Å²) in [5.41, 5.74) is 2.84. The molecule has 0 bridgehead atoms. The number of nitrogens with zero attached hydrogens (tertiary/aromatic N) is 1. The van der Waals surface area contributed by atoms with Gasteiger partial charge in [0.25, 0.3) is 5.91 Å². The molecule has 1 unspecified atom stereocenters. The first-order chi connectivity index (χ1) is 12.4. The van der Waals surface area contributed by atoms with Gasteiger partial charge in [-0.1, -0.05) is 96.8 Å². The highest BCUT2D eigenvalue weighted by molar-refractivity contribution is 5.71. The van der Waals surface area contributed by atoms with Crippen LogP contribution in [0.2, 0.25) is 0 Å². The lowest BCUT2D eigenvalue weighted by atomic mass is 10.0. The van der Waals surface area contributed by atoms with Crippen LogP contribution in [0.4, 0.5) is 0 Å². The lowest BCUT2D eigenvalue weighted by Crippen LogP contribution is -2.56. The van der Waals surface area contributed by atoms with E-state index in [2.05, 4.69) is 12.3 Å². The standard InChI is InChI=1S/C22H46N2O2/c1-5-6-7-8-9-10-11-12-13-14-15-16-17-18-19-22(26)20-24(3,4)23-21(2)25/h22,26H,5-20H2,1-4H3/p+1. The van der Waals surface area contributed by atoms with Gasteiger partial charge in [0.05, 0.1) is 14.1 Å². The van der Waals surface area contributed by atoms with E-state index in [1.807, 2.05) is 14.1 Å². The molecule has 0 saturated carbocycles. The molecule has 4 nitrogen and oxygen atoms in total. The van der Waals surface area contributed by atoms with E-state index in [-0.39, 0.29) is 12.0 Å². The van der Waals surface area contributed by atoms with Gasteiger partial charge in [0.15, 0.2) is 0 Å². The van der Waals surface area contributed by atoms with Crippen molar-refractivity contribution >= 4 is 5.91 Å². The van der Waals surface area contributed by atoms with Gasteiger partial charge in [-0.2, -0.15) is 0 Å². The Kier molecular flexibility index (Phi) is 16.2. The summed E-state index contributed by atoms with van der Waals surface area (Å²) in [4.78, 5) is 11.1. The van der Waals surface area contributed by atoms with E-state index in [1.54, 1.807) is 0 Å². The molecule has 0 rings (SSSR count). The molecule has 0 saturated heterocycles. The zero-order valence-corrected chi connectivity index (χ0v) is 18.2. The molecule has 2 N–H and O–H groups in total. The van der Waals surface area contributed by atoms with Crippen molar-refractivity contribution in [2.75, 3.05) is 20.6 Å². The third-order valence-corrected chi connectivity index (χ3v) is 5.02.